The van der Waals surface area contributed by atoms with E-state index in [0.717, 1.165) is 5.69 Å². The van der Waals surface area contributed by atoms with Crippen molar-refractivity contribution in [3.63, 3.8) is 0 Å². The predicted octanol–water partition coefficient (Wildman–Crippen LogP) is 2.19. The van der Waals surface area contributed by atoms with E-state index in [2.05, 4.69) is 21.7 Å². The molecule has 0 aromatic heterocycles. The first-order valence-corrected chi connectivity index (χ1v) is 7.12. The number of nitrogens with two attached hydrogens (primary N) is 1. The molecule has 0 atom stereocenters. The Morgan fingerprint density at radius 2 is 1.76 bits per heavy atom. The van der Waals surface area contributed by atoms with Crippen LogP contribution in [0.25, 0.3) is 0 Å². The van der Waals surface area contributed by atoms with E-state index >= 15 is 0 Å². The molecule has 5 nitrogen and oxygen atoms in total. The van der Waals surface area contributed by atoms with Crippen LogP contribution in [0.15, 0.2) is 23.2 Å². The minimum absolute atomic E-state index is 0.0125. The van der Waals surface area contributed by atoms with Crippen LogP contribution >= 0.6 is 0 Å². The number of hydrogen-bond acceptors (Lipinski definition) is 2. The topological polar surface area (TPSA) is 79.5 Å². The van der Waals surface area contributed by atoms with Gasteiger partial charge in [-0.25, -0.2) is 0 Å². The van der Waals surface area contributed by atoms with E-state index in [1.54, 1.807) is 0 Å². The van der Waals surface area contributed by atoms with E-state index < -0.39 is 0 Å². The third-order valence-corrected chi connectivity index (χ3v) is 2.85. The van der Waals surface area contributed by atoms with Crippen molar-refractivity contribution in [2.75, 3.05) is 18.4 Å². The summed E-state index contributed by atoms with van der Waals surface area (Å²) >= 11 is 0. The monoisotopic (exact) mass is 290 g/mol. The Hall–Kier alpha value is -2.04. The Morgan fingerprint density at radius 3 is 2.29 bits per heavy atom. The van der Waals surface area contributed by atoms with Crippen LogP contribution in [0.3, 0.4) is 0 Å². The van der Waals surface area contributed by atoms with E-state index in [1.807, 2.05) is 46.8 Å². The van der Waals surface area contributed by atoms with Gasteiger partial charge in [-0.3, -0.25) is 9.79 Å². The van der Waals surface area contributed by atoms with Crippen LogP contribution in [0.1, 0.15) is 31.9 Å². The second-order valence-corrected chi connectivity index (χ2v) is 6.27. The van der Waals surface area contributed by atoms with Crippen molar-refractivity contribution in [2.24, 2.45) is 16.1 Å². The zero-order valence-electron chi connectivity index (χ0n) is 13.6. The van der Waals surface area contributed by atoms with E-state index in [1.165, 1.54) is 11.1 Å². The Labute approximate surface area is 127 Å². The van der Waals surface area contributed by atoms with Gasteiger partial charge in [0.05, 0.1) is 6.54 Å². The van der Waals surface area contributed by atoms with E-state index in [9.17, 15) is 4.79 Å². The van der Waals surface area contributed by atoms with Crippen molar-refractivity contribution in [2.45, 2.75) is 34.6 Å². The lowest BCUT2D eigenvalue weighted by Gasteiger charge is -2.17. The second kappa shape index (κ2) is 7.11. The maximum absolute atomic E-state index is 11.7. The Kier molecular flexibility index (Phi) is 5.76. The fourth-order valence-corrected chi connectivity index (χ4v) is 1.85. The lowest BCUT2D eigenvalue weighted by atomic mass is 9.96. The maximum Gasteiger partial charge on any atom is 0.225 e. The van der Waals surface area contributed by atoms with Crippen LogP contribution in [-0.2, 0) is 4.79 Å². The molecule has 1 aromatic carbocycles. The summed E-state index contributed by atoms with van der Waals surface area (Å²) in [6, 6.07) is 6.12. The van der Waals surface area contributed by atoms with Crippen molar-refractivity contribution in [3.05, 3.63) is 29.3 Å². The fraction of sp³-hybridized carbons (Fsp3) is 0.500. The van der Waals surface area contributed by atoms with Crippen molar-refractivity contribution < 1.29 is 4.79 Å². The molecule has 0 spiro atoms. The SMILES string of the molecule is Cc1cc(C)cc(NC(N)=NCCNC(=O)C(C)(C)C)c1. The summed E-state index contributed by atoms with van der Waals surface area (Å²) in [5, 5.41) is 5.89. The van der Waals surface area contributed by atoms with Gasteiger partial charge in [-0.1, -0.05) is 26.8 Å². The van der Waals surface area contributed by atoms with Gasteiger partial charge in [-0.2, -0.15) is 0 Å². The van der Waals surface area contributed by atoms with Gasteiger partial charge in [-0.15, -0.1) is 0 Å². The first-order chi connectivity index (χ1) is 9.68. The highest BCUT2D eigenvalue weighted by atomic mass is 16.2. The van der Waals surface area contributed by atoms with Gasteiger partial charge in [0.25, 0.3) is 0 Å². The molecule has 0 unspecified atom stereocenters. The van der Waals surface area contributed by atoms with Crippen LogP contribution in [0.4, 0.5) is 5.69 Å². The van der Waals surface area contributed by atoms with Crippen molar-refractivity contribution >= 4 is 17.6 Å². The number of aliphatic imine (C=N–C) groups is 1. The minimum Gasteiger partial charge on any atom is -0.370 e. The van der Waals surface area contributed by atoms with Gasteiger partial charge >= 0.3 is 0 Å². The summed E-state index contributed by atoms with van der Waals surface area (Å²) in [4.78, 5) is 15.9. The molecule has 0 fully saturated rings. The summed E-state index contributed by atoms with van der Waals surface area (Å²) in [5.74, 6) is 0.364. The number of aryl methyl sites for hydroxylation is 2. The zero-order valence-corrected chi connectivity index (χ0v) is 13.6. The Balaban J connectivity index is 2.45. The summed E-state index contributed by atoms with van der Waals surface area (Å²) in [6.45, 7) is 10.6. The number of nitrogens with zero attached hydrogens (tertiary/aromatic N) is 1. The smallest absolute Gasteiger partial charge is 0.225 e. The minimum atomic E-state index is -0.382. The van der Waals surface area contributed by atoms with Crippen molar-refractivity contribution in [3.8, 4) is 0 Å². The van der Waals surface area contributed by atoms with Crippen LogP contribution < -0.4 is 16.4 Å². The number of benzene rings is 1. The van der Waals surface area contributed by atoms with E-state index in [-0.39, 0.29) is 11.3 Å². The van der Waals surface area contributed by atoms with Crippen molar-refractivity contribution in [1.29, 1.82) is 0 Å². The maximum atomic E-state index is 11.7. The molecule has 0 saturated carbocycles. The fourth-order valence-electron chi connectivity index (χ4n) is 1.85. The molecule has 0 bridgehead atoms. The van der Waals surface area contributed by atoms with E-state index in [0.29, 0.717) is 19.0 Å². The number of anilines is 1. The molecule has 0 aliphatic rings. The molecule has 0 radical (unpaired) electrons. The molecule has 1 aromatic rings. The number of carbonyl (C=O) groups is 1. The lowest BCUT2D eigenvalue weighted by Crippen LogP contribution is -2.36. The number of rotatable bonds is 4. The first kappa shape index (κ1) is 17.0. The number of nitrogens with one attached hydrogen (secondary N) is 2. The lowest BCUT2D eigenvalue weighted by molar-refractivity contribution is -0.128. The van der Waals surface area contributed by atoms with Gasteiger partial charge < -0.3 is 16.4 Å². The third kappa shape index (κ3) is 6.29. The van der Waals surface area contributed by atoms with Gasteiger partial charge in [0.1, 0.15) is 0 Å². The standard InChI is InChI=1S/C16H26N4O/c1-11-8-12(2)10-13(9-11)20-15(17)19-7-6-18-14(21)16(3,4)5/h8-10H,6-7H2,1-5H3,(H,18,21)(H3,17,19,20). The summed E-state index contributed by atoms with van der Waals surface area (Å²) < 4.78 is 0. The highest BCUT2D eigenvalue weighted by molar-refractivity contribution is 5.92. The normalized spacial score (nSPS) is 12.1. The molecule has 1 rings (SSSR count). The molecule has 1 amide bonds. The quantitative estimate of drug-likeness (QED) is 0.452. The molecule has 21 heavy (non-hydrogen) atoms. The Morgan fingerprint density at radius 1 is 1.19 bits per heavy atom. The van der Waals surface area contributed by atoms with Crippen LogP contribution in [0.5, 0.6) is 0 Å². The second-order valence-electron chi connectivity index (χ2n) is 6.27. The summed E-state index contributed by atoms with van der Waals surface area (Å²) in [5.41, 5.74) is 8.71. The van der Waals surface area contributed by atoms with Crippen LogP contribution in [0, 0.1) is 19.3 Å². The molecule has 4 N–H and O–H groups in total. The number of amides is 1. The predicted molar refractivity (Wildman–Crippen MR) is 88.5 cm³/mol. The molecular weight excluding hydrogens is 264 g/mol. The highest BCUT2D eigenvalue weighted by Crippen LogP contribution is 2.13. The first-order valence-electron chi connectivity index (χ1n) is 7.12. The summed E-state index contributed by atoms with van der Waals surface area (Å²) in [6.07, 6.45) is 0. The average Bonchev–Trinajstić information content (AvgIpc) is 2.31. The van der Waals surface area contributed by atoms with Crippen LogP contribution in [-0.4, -0.2) is 25.0 Å². The molecular formula is C16H26N4O. The van der Waals surface area contributed by atoms with Gasteiger partial charge in [0.15, 0.2) is 5.96 Å². The number of hydrogen-bond donors (Lipinski definition) is 3. The number of guanidine groups is 1. The van der Waals surface area contributed by atoms with Gasteiger partial charge in [0, 0.05) is 17.6 Å². The molecule has 0 aliphatic heterocycles. The van der Waals surface area contributed by atoms with Crippen LogP contribution in [0.2, 0.25) is 0 Å². The number of carbonyl (C=O) groups excluding carboxylic acids is 1. The zero-order chi connectivity index (χ0) is 16.0. The van der Waals surface area contributed by atoms with E-state index in [4.69, 9.17) is 5.73 Å². The summed E-state index contributed by atoms with van der Waals surface area (Å²) in [7, 11) is 0. The van der Waals surface area contributed by atoms with Crippen molar-refractivity contribution in [1.82, 2.24) is 5.32 Å². The molecule has 116 valence electrons. The average molecular weight is 290 g/mol. The van der Waals surface area contributed by atoms with Gasteiger partial charge in [0.2, 0.25) is 5.91 Å². The Bertz CT molecular complexity index is 509. The molecule has 5 heteroatoms. The molecule has 0 aliphatic carbocycles. The highest BCUT2D eigenvalue weighted by Gasteiger charge is 2.19. The molecule has 0 saturated heterocycles. The molecule has 0 heterocycles. The third-order valence-electron chi connectivity index (χ3n) is 2.85. The largest absolute Gasteiger partial charge is 0.370 e. The van der Waals surface area contributed by atoms with Gasteiger partial charge in [-0.05, 0) is 37.1 Å².